The van der Waals surface area contributed by atoms with E-state index in [2.05, 4.69) is 5.32 Å². The number of methoxy groups -OCH3 is 4. The van der Waals surface area contributed by atoms with E-state index in [1.165, 1.54) is 0 Å². The average molecular weight is 443 g/mol. The first-order valence-electron chi connectivity index (χ1n) is 10.4. The van der Waals surface area contributed by atoms with Crippen LogP contribution in [0.1, 0.15) is 21.8 Å². The molecule has 1 aliphatic heterocycles. The highest BCUT2D eigenvalue weighted by Gasteiger charge is 2.41. The van der Waals surface area contributed by atoms with Gasteiger partial charge in [0.1, 0.15) is 17.2 Å². The molecule has 0 saturated carbocycles. The standard InChI is InChI=1S/C24H30N2O6/c1-29-12-11-25-23(27)21-15-26(24(28)16-5-7-17(30-2)8-6-16)14-20(21)19-13-18(31-3)9-10-22(19)32-4/h5-10,13,20-21H,11-12,14-15H2,1-4H3,(H,25,27). The Hall–Kier alpha value is -3.26. The van der Waals surface area contributed by atoms with E-state index >= 15 is 0 Å². The SMILES string of the molecule is COCCNC(=O)C1CN(C(=O)c2ccc(OC)cc2)CC1c1cc(OC)ccc1OC. The van der Waals surface area contributed by atoms with Crippen LogP contribution in [0.15, 0.2) is 42.5 Å². The van der Waals surface area contributed by atoms with E-state index in [4.69, 9.17) is 18.9 Å². The number of likely N-dealkylation sites (tertiary alicyclic amines) is 1. The van der Waals surface area contributed by atoms with Crippen molar-refractivity contribution < 1.29 is 28.5 Å². The Morgan fingerprint density at radius 1 is 0.938 bits per heavy atom. The Kier molecular flexibility index (Phi) is 7.94. The zero-order valence-electron chi connectivity index (χ0n) is 18.9. The lowest BCUT2D eigenvalue weighted by Gasteiger charge is -2.21. The van der Waals surface area contributed by atoms with Gasteiger partial charge in [0.05, 0.1) is 33.9 Å². The van der Waals surface area contributed by atoms with Crippen LogP contribution in [0.3, 0.4) is 0 Å². The van der Waals surface area contributed by atoms with Crippen molar-refractivity contribution in [3.05, 3.63) is 53.6 Å². The second-order valence-electron chi connectivity index (χ2n) is 7.54. The number of amides is 2. The monoisotopic (exact) mass is 442 g/mol. The van der Waals surface area contributed by atoms with Crippen molar-refractivity contribution in [3.8, 4) is 17.2 Å². The van der Waals surface area contributed by atoms with Crippen molar-refractivity contribution in [1.29, 1.82) is 0 Å². The van der Waals surface area contributed by atoms with Crippen LogP contribution < -0.4 is 19.5 Å². The molecule has 1 saturated heterocycles. The fourth-order valence-electron chi connectivity index (χ4n) is 4.00. The number of hydrogen-bond donors (Lipinski definition) is 1. The smallest absolute Gasteiger partial charge is 0.253 e. The molecule has 0 radical (unpaired) electrons. The van der Waals surface area contributed by atoms with E-state index in [0.717, 1.165) is 5.56 Å². The molecule has 0 aromatic heterocycles. The third-order valence-electron chi connectivity index (χ3n) is 5.72. The Balaban J connectivity index is 1.90. The molecule has 2 amide bonds. The van der Waals surface area contributed by atoms with E-state index in [-0.39, 0.29) is 17.7 Å². The van der Waals surface area contributed by atoms with Crippen LogP contribution >= 0.6 is 0 Å². The molecule has 1 N–H and O–H groups in total. The summed E-state index contributed by atoms with van der Waals surface area (Å²) in [6.07, 6.45) is 0. The Bertz CT molecular complexity index is 931. The van der Waals surface area contributed by atoms with Crippen molar-refractivity contribution in [1.82, 2.24) is 10.2 Å². The summed E-state index contributed by atoms with van der Waals surface area (Å²) in [5.41, 5.74) is 1.38. The van der Waals surface area contributed by atoms with Crippen LogP contribution in [0.4, 0.5) is 0 Å². The number of benzene rings is 2. The van der Waals surface area contributed by atoms with Crippen molar-refractivity contribution in [2.24, 2.45) is 5.92 Å². The van der Waals surface area contributed by atoms with Gasteiger partial charge >= 0.3 is 0 Å². The topological polar surface area (TPSA) is 86.3 Å². The van der Waals surface area contributed by atoms with E-state index in [1.807, 2.05) is 18.2 Å². The molecule has 3 rings (SSSR count). The summed E-state index contributed by atoms with van der Waals surface area (Å²) in [5.74, 6) is 1.06. The number of rotatable bonds is 9. The summed E-state index contributed by atoms with van der Waals surface area (Å²) in [5, 5.41) is 2.92. The number of carbonyl (C=O) groups is 2. The zero-order valence-corrected chi connectivity index (χ0v) is 18.9. The van der Waals surface area contributed by atoms with Gasteiger partial charge in [-0.05, 0) is 42.5 Å². The predicted molar refractivity (Wildman–Crippen MR) is 120 cm³/mol. The molecule has 8 nitrogen and oxygen atoms in total. The maximum Gasteiger partial charge on any atom is 0.253 e. The van der Waals surface area contributed by atoms with Crippen LogP contribution in [-0.2, 0) is 9.53 Å². The van der Waals surface area contributed by atoms with E-state index in [1.54, 1.807) is 57.6 Å². The van der Waals surface area contributed by atoms with Gasteiger partial charge in [-0.3, -0.25) is 9.59 Å². The molecule has 2 aromatic rings. The summed E-state index contributed by atoms with van der Waals surface area (Å²) in [6, 6.07) is 12.5. The first-order valence-corrected chi connectivity index (χ1v) is 10.4. The molecule has 2 atom stereocenters. The number of nitrogens with one attached hydrogen (secondary N) is 1. The lowest BCUT2D eigenvalue weighted by Crippen LogP contribution is -2.37. The first kappa shape index (κ1) is 23.4. The molecule has 1 fully saturated rings. The van der Waals surface area contributed by atoms with Gasteiger partial charge in [0, 0.05) is 43.8 Å². The van der Waals surface area contributed by atoms with Crippen LogP contribution in [0.5, 0.6) is 17.2 Å². The number of nitrogens with zero attached hydrogens (tertiary/aromatic N) is 1. The summed E-state index contributed by atoms with van der Waals surface area (Å²) in [6.45, 7) is 1.51. The maximum atomic E-state index is 13.2. The minimum absolute atomic E-state index is 0.123. The van der Waals surface area contributed by atoms with Gasteiger partial charge in [-0.1, -0.05) is 0 Å². The molecule has 172 valence electrons. The second kappa shape index (κ2) is 10.9. The van der Waals surface area contributed by atoms with Crippen LogP contribution in [0.2, 0.25) is 0 Å². The second-order valence-corrected chi connectivity index (χ2v) is 7.54. The lowest BCUT2D eigenvalue weighted by molar-refractivity contribution is -0.125. The highest BCUT2D eigenvalue weighted by Crippen LogP contribution is 2.40. The minimum Gasteiger partial charge on any atom is -0.497 e. The van der Waals surface area contributed by atoms with Gasteiger partial charge in [0.2, 0.25) is 5.91 Å². The number of hydrogen-bond acceptors (Lipinski definition) is 6. The van der Waals surface area contributed by atoms with Gasteiger partial charge in [0.15, 0.2) is 0 Å². The fraction of sp³-hybridized carbons (Fsp3) is 0.417. The summed E-state index contributed by atoms with van der Waals surface area (Å²) >= 11 is 0. The summed E-state index contributed by atoms with van der Waals surface area (Å²) in [4.78, 5) is 28.0. The third kappa shape index (κ3) is 5.13. The van der Waals surface area contributed by atoms with Gasteiger partial charge in [-0.2, -0.15) is 0 Å². The Morgan fingerprint density at radius 3 is 2.25 bits per heavy atom. The minimum atomic E-state index is -0.435. The highest BCUT2D eigenvalue weighted by atomic mass is 16.5. The highest BCUT2D eigenvalue weighted by molar-refractivity contribution is 5.95. The first-order chi connectivity index (χ1) is 15.5. The lowest BCUT2D eigenvalue weighted by atomic mass is 9.87. The summed E-state index contributed by atoms with van der Waals surface area (Å²) < 4.78 is 21.2. The average Bonchev–Trinajstić information content (AvgIpc) is 3.28. The number of carbonyl (C=O) groups excluding carboxylic acids is 2. The maximum absolute atomic E-state index is 13.2. The predicted octanol–water partition coefficient (Wildman–Crippen LogP) is 2.33. The third-order valence-corrected chi connectivity index (χ3v) is 5.72. The van der Waals surface area contributed by atoms with Gasteiger partial charge in [-0.25, -0.2) is 0 Å². The molecule has 1 heterocycles. The van der Waals surface area contributed by atoms with Crippen LogP contribution in [0, 0.1) is 5.92 Å². The zero-order chi connectivity index (χ0) is 23.1. The Labute approximate surface area is 188 Å². The van der Waals surface area contributed by atoms with E-state index < -0.39 is 5.92 Å². The summed E-state index contributed by atoms with van der Waals surface area (Å²) in [7, 11) is 6.35. The molecule has 2 aromatic carbocycles. The van der Waals surface area contributed by atoms with Crippen LogP contribution in [-0.4, -0.2) is 71.4 Å². The van der Waals surface area contributed by atoms with Crippen molar-refractivity contribution in [2.45, 2.75) is 5.92 Å². The molecule has 2 unspecified atom stereocenters. The van der Waals surface area contributed by atoms with E-state index in [9.17, 15) is 9.59 Å². The van der Waals surface area contributed by atoms with Gasteiger partial charge in [-0.15, -0.1) is 0 Å². The molecular formula is C24H30N2O6. The fourth-order valence-corrected chi connectivity index (χ4v) is 4.00. The quantitative estimate of drug-likeness (QED) is 0.600. The molecule has 0 bridgehead atoms. The number of ether oxygens (including phenoxy) is 4. The molecule has 0 aliphatic carbocycles. The van der Waals surface area contributed by atoms with Crippen molar-refractivity contribution in [2.75, 3.05) is 54.7 Å². The van der Waals surface area contributed by atoms with Crippen molar-refractivity contribution in [3.63, 3.8) is 0 Å². The normalized spacial score (nSPS) is 17.7. The molecule has 0 spiro atoms. The van der Waals surface area contributed by atoms with Crippen molar-refractivity contribution >= 4 is 11.8 Å². The Morgan fingerprint density at radius 2 is 1.62 bits per heavy atom. The molecule has 1 aliphatic rings. The largest absolute Gasteiger partial charge is 0.497 e. The molecular weight excluding hydrogens is 412 g/mol. The molecule has 32 heavy (non-hydrogen) atoms. The van der Waals surface area contributed by atoms with E-state index in [0.29, 0.717) is 49.1 Å². The molecule has 8 heteroatoms. The van der Waals surface area contributed by atoms with Crippen LogP contribution in [0.25, 0.3) is 0 Å². The van der Waals surface area contributed by atoms with Gasteiger partial charge < -0.3 is 29.2 Å². The van der Waals surface area contributed by atoms with Gasteiger partial charge in [0.25, 0.3) is 5.91 Å².